The van der Waals surface area contributed by atoms with Crippen molar-refractivity contribution < 1.29 is 14.3 Å². The van der Waals surface area contributed by atoms with Crippen molar-refractivity contribution in [3.05, 3.63) is 41.1 Å². The van der Waals surface area contributed by atoms with Crippen LogP contribution in [0.4, 0.5) is 10.5 Å². The van der Waals surface area contributed by atoms with Gasteiger partial charge < -0.3 is 20.3 Å². The lowest BCUT2D eigenvalue weighted by atomic mass is 9.95. The molecule has 1 aromatic rings. The fraction of sp³-hybridized carbons (Fsp3) is 0.500. The van der Waals surface area contributed by atoms with E-state index in [1.54, 1.807) is 18.7 Å². The lowest BCUT2D eigenvalue weighted by Crippen LogP contribution is -2.45. The van der Waals surface area contributed by atoms with Gasteiger partial charge in [0.05, 0.1) is 11.6 Å². The first kappa shape index (κ1) is 21.2. The second-order valence-electron chi connectivity index (χ2n) is 6.17. The highest BCUT2D eigenvalue weighted by molar-refractivity contribution is 7.99. The van der Waals surface area contributed by atoms with Crippen LogP contribution >= 0.6 is 11.8 Å². The number of urea groups is 1. The SMILES string of the molecule is CCSCCOC(=O)C1=C(C)NC(=O)N[C@@H]1c1ccc(N(CC)CC)cc1. The first-order valence-electron chi connectivity index (χ1n) is 9.39. The number of nitrogens with one attached hydrogen (secondary N) is 2. The first-order valence-corrected chi connectivity index (χ1v) is 10.5. The van der Waals surface area contributed by atoms with Crippen molar-refractivity contribution in [3.63, 3.8) is 0 Å². The number of hydrogen-bond acceptors (Lipinski definition) is 5. The summed E-state index contributed by atoms with van der Waals surface area (Å²) in [6.45, 7) is 10.2. The van der Waals surface area contributed by atoms with Crippen molar-refractivity contribution in [2.45, 2.75) is 33.7 Å². The molecule has 1 aliphatic rings. The van der Waals surface area contributed by atoms with Crippen LogP contribution in [0.1, 0.15) is 39.3 Å². The number of amides is 2. The largest absolute Gasteiger partial charge is 0.461 e. The minimum atomic E-state index is -0.518. The predicted octanol–water partition coefficient (Wildman–Crippen LogP) is 3.46. The van der Waals surface area contributed by atoms with Gasteiger partial charge in [-0.25, -0.2) is 9.59 Å². The maximum absolute atomic E-state index is 12.6. The van der Waals surface area contributed by atoms with Crippen LogP contribution in [0, 0.1) is 0 Å². The lowest BCUT2D eigenvalue weighted by molar-refractivity contribution is -0.138. The molecule has 2 rings (SSSR count). The van der Waals surface area contributed by atoms with Gasteiger partial charge >= 0.3 is 12.0 Å². The number of benzene rings is 1. The van der Waals surface area contributed by atoms with Gasteiger partial charge in [0.25, 0.3) is 0 Å². The molecule has 148 valence electrons. The zero-order valence-electron chi connectivity index (χ0n) is 16.5. The molecule has 1 aromatic carbocycles. The van der Waals surface area contributed by atoms with Crippen LogP contribution in [0.2, 0.25) is 0 Å². The third-order valence-corrected chi connectivity index (χ3v) is 5.37. The lowest BCUT2D eigenvalue weighted by Gasteiger charge is -2.29. The monoisotopic (exact) mass is 391 g/mol. The van der Waals surface area contributed by atoms with Crippen molar-refractivity contribution in [2.75, 3.05) is 36.1 Å². The molecule has 0 saturated heterocycles. The highest BCUT2D eigenvalue weighted by Gasteiger charge is 2.32. The fourth-order valence-electron chi connectivity index (χ4n) is 3.10. The molecule has 0 saturated carbocycles. The van der Waals surface area contributed by atoms with Gasteiger partial charge in [-0.15, -0.1) is 0 Å². The Balaban J connectivity index is 2.22. The summed E-state index contributed by atoms with van der Waals surface area (Å²) in [5, 5.41) is 5.52. The van der Waals surface area contributed by atoms with Crippen LogP contribution in [-0.4, -0.2) is 43.2 Å². The van der Waals surface area contributed by atoms with Crippen LogP contribution < -0.4 is 15.5 Å². The smallest absolute Gasteiger partial charge is 0.338 e. The summed E-state index contributed by atoms with van der Waals surface area (Å²) in [5.74, 6) is 1.35. The molecule has 27 heavy (non-hydrogen) atoms. The van der Waals surface area contributed by atoms with E-state index in [1.807, 2.05) is 24.3 Å². The Hall–Kier alpha value is -2.15. The minimum absolute atomic E-state index is 0.316. The summed E-state index contributed by atoms with van der Waals surface area (Å²) >= 11 is 1.72. The normalized spacial score (nSPS) is 16.6. The van der Waals surface area contributed by atoms with Crippen LogP contribution in [0.25, 0.3) is 0 Å². The number of nitrogens with zero attached hydrogens (tertiary/aromatic N) is 1. The Labute approximate surface area is 165 Å². The van der Waals surface area contributed by atoms with Gasteiger partial charge in [0.1, 0.15) is 6.61 Å². The second-order valence-corrected chi connectivity index (χ2v) is 7.56. The van der Waals surface area contributed by atoms with E-state index in [4.69, 9.17) is 4.74 Å². The zero-order chi connectivity index (χ0) is 19.8. The number of thioether (sulfide) groups is 1. The average Bonchev–Trinajstić information content (AvgIpc) is 2.66. The minimum Gasteiger partial charge on any atom is -0.461 e. The summed E-state index contributed by atoms with van der Waals surface area (Å²) < 4.78 is 5.42. The number of carbonyl (C=O) groups excluding carboxylic acids is 2. The maximum atomic E-state index is 12.6. The van der Waals surface area contributed by atoms with Crippen LogP contribution in [0.5, 0.6) is 0 Å². The molecule has 7 heteroatoms. The summed E-state index contributed by atoms with van der Waals surface area (Å²) in [7, 11) is 0. The molecule has 1 atom stereocenters. The van der Waals surface area contributed by atoms with E-state index in [1.165, 1.54) is 0 Å². The maximum Gasteiger partial charge on any atom is 0.338 e. The fourth-order valence-corrected chi connectivity index (χ4v) is 3.59. The predicted molar refractivity (Wildman–Crippen MR) is 111 cm³/mol. The molecule has 0 unspecified atom stereocenters. The molecule has 1 aliphatic heterocycles. The summed E-state index contributed by atoms with van der Waals surface area (Å²) in [6, 6.07) is 7.12. The van der Waals surface area contributed by atoms with E-state index in [9.17, 15) is 9.59 Å². The number of ether oxygens (including phenoxy) is 1. The summed E-state index contributed by atoms with van der Waals surface area (Å²) in [4.78, 5) is 26.9. The highest BCUT2D eigenvalue weighted by atomic mass is 32.2. The molecule has 0 aliphatic carbocycles. The number of anilines is 1. The van der Waals surface area contributed by atoms with E-state index in [0.717, 1.165) is 35.8 Å². The second kappa shape index (κ2) is 10.3. The molecule has 0 aromatic heterocycles. The standard InChI is InChI=1S/C20H29N3O3S/c1-5-23(6-2)16-10-8-15(9-11-16)18-17(14(4)21-20(25)22-18)19(24)26-12-13-27-7-3/h8-11,18H,5-7,12-13H2,1-4H3,(H2,21,22,25)/t18-/m1/s1. The quantitative estimate of drug-likeness (QED) is 0.498. The Morgan fingerprint density at radius 1 is 1.19 bits per heavy atom. The third-order valence-electron chi connectivity index (χ3n) is 4.51. The van der Waals surface area contributed by atoms with Crippen molar-refractivity contribution in [2.24, 2.45) is 0 Å². The van der Waals surface area contributed by atoms with Crippen LogP contribution in [0.15, 0.2) is 35.5 Å². The highest BCUT2D eigenvalue weighted by Crippen LogP contribution is 2.29. The zero-order valence-corrected chi connectivity index (χ0v) is 17.3. The number of allylic oxidation sites excluding steroid dienone is 1. The van der Waals surface area contributed by atoms with Gasteiger partial charge in [0.2, 0.25) is 0 Å². The molecule has 0 spiro atoms. The number of esters is 1. The van der Waals surface area contributed by atoms with E-state index in [0.29, 0.717) is 17.9 Å². The van der Waals surface area contributed by atoms with Crippen molar-refractivity contribution >= 4 is 29.4 Å². The van der Waals surface area contributed by atoms with Gasteiger partial charge in [-0.05, 0) is 44.2 Å². The topological polar surface area (TPSA) is 70.7 Å². The third kappa shape index (κ3) is 5.42. The summed E-state index contributed by atoms with van der Waals surface area (Å²) in [6.07, 6.45) is 0. The van der Waals surface area contributed by atoms with Gasteiger partial charge in [-0.1, -0.05) is 19.1 Å². The van der Waals surface area contributed by atoms with Gasteiger partial charge in [-0.2, -0.15) is 11.8 Å². The molecule has 2 N–H and O–H groups in total. The average molecular weight is 392 g/mol. The van der Waals surface area contributed by atoms with Gasteiger partial charge in [0.15, 0.2) is 0 Å². The summed E-state index contributed by atoms with van der Waals surface area (Å²) in [5.41, 5.74) is 2.96. The Morgan fingerprint density at radius 3 is 2.44 bits per heavy atom. The van der Waals surface area contributed by atoms with E-state index in [-0.39, 0.29) is 6.03 Å². The molecule has 1 heterocycles. The van der Waals surface area contributed by atoms with E-state index in [2.05, 4.69) is 36.3 Å². The molecule has 6 nitrogen and oxygen atoms in total. The van der Waals surface area contributed by atoms with Crippen molar-refractivity contribution in [3.8, 4) is 0 Å². The first-order chi connectivity index (χ1) is 13.0. The molecular formula is C20H29N3O3S. The molecular weight excluding hydrogens is 362 g/mol. The van der Waals surface area contributed by atoms with Crippen molar-refractivity contribution in [1.82, 2.24) is 10.6 Å². The van der Waals surface area contributed by atoms with Gasteiger partial charge in [0, 0.05) is 30.2 Å². The Kier molecular flexibility index (Phi) is 8.03. The molecule has 2 amide bonds. The number of hydrogen-bond donors (Lipinski definition) is 2. The number of rotatable bonds is 9. The van der Waals surface area contributed by atoms with Crippen LogP contribution in [-0.2, 0) is 9.53 Å². The number of carbonyl (C=O) groups is 2. The van der Waals surface area contributed by atoms with E-state index < -0.39 is 12.0 Å². The molecule has 0 radical (unpaired) electrons. The van der Waals surface area contributed by atoms with Crippen LogP contribution in [0.3, 0.4) is 0 Å². The van der Waals surface area contributed by atoms with Gasteiger partial charge in [-0.3, -0.25) is 0 Å². The Morgan fingerprint density at radius 2 is 1.85 bits per heavy atom. The van der Waals surface area contributed by atoms with Crippen molar-refractivity contribution in [1.29, 1.82) is 0 Å². The van der Waals surface area contributed by atoms with E-state index >= 15 is 0 Å². The molecule has 0 fully saturated rings. The Bertz CT molecular complexity index is 684. The molecule has 0 bridgehead atoms.